The Balaban J connectivity index is 1.97. The molecule has 0 bridgehead atoms. The summed E-state index contributed by atoms with van der Waals surface area (Å²) in [4.78, 5) is 2.62. The minimum Gasteiger partial charge on any atom is -0.317 e. The van der Waals surface area contributed by atoms with Crippen LogP contribution in [0, 0.1) is 13.8 Å². The molecule has 1 N–H and O–H groups in total. The van der Waals surface area contributed by atoms with Gasteiger partial charge in [-0.25, -0.2) is 0 Å². The van der Waals surface area contributed by atoms with Crippen molar-refractivity contribution in [3.8, 4) is 9.88 Å². The maximum Gasteiger partial charge on any atom is 0.157 e. The number of aryl methyl sites for hydroxylation is 3. The molecule has 0 fully saturated rings. The highest BCUT2D eigenvalue weighted by molar-refractivity contribution is 7.21. The SMILES string of the molecule is CCNCCCc1nnc(-c2cc(C)c(C)s2)s1. The summed E-state index contributed by atoms with van der Waals surface area (Å²) in [6.45, 7) is 8.53. The third kappa shape index (κ3) is 3.37. The fourth-order valence-electron chi connectivity index (χ4n) is 1.67. The Morgan fingerprint density at radius 3 is 2.72 bits per heavy atom. The number of nitrogens with one attached hydrogen (secondary N) is 1. The van der Waals surface area contributed by atoms with Crippen LogP contribution in [-0.4, -0.2) is 23.3 Å². The Morgan fingerprint density at radius 2 is 2.06 bits per heavy atom. The Hall–Kier alpha value is -0.780. The molecule has 0 unspecified atom stereocenters. The lowest BCUT2D eigenvalue weighted by Crippen LogP contribution is -2.14. The number of nitrogens with zero attached hydrogens (tertiary/aromatic N) is 2. The van der Waals surface area contributed by atoms with Gasteiger partial charge in [0.25, 0.3) is 0 Å². The molecule has 0 radical (unpaired) electrons. The lowest BCUT2D eigenvalue weighted by molar-refractivity contribution is 0.669. The minimum atomic E-state index is 1.02. The largest absolute Gasteiger partial charge is 0.317 e. The second-order valence-electron chi connectivity index (χ2n) is 4.31. The van der Waals surface area contributed by atoms with E-state index >= 15 is 0 Å². The van der Waals surface area contributed by atoms with Gasteiger partial charge < -0.3 is 5.32 Å². The molecule has 0 aliphatic rings. The van der Waals surface area contributed by atoms with E-state index in [1.165, 1.54) is 15.3 Å². The van der Waals surface area contributed by atoms with Crippen molar-refractivity contribution in [1.29, 1.82) is 0 Å². The normalized spacial score (nSPS) is 11.1. The Morgan fingerprint density at radius 1 is 1.22 bits per heavy atom. The second kappa shape index (κ2) is 6.41. The van der Waals surface area contributed by atoms with E-state index in [-0.39, 0.29) is 0 Å². The second-order valence-corrected chi connectivity index (χ2v) is 6.63. The van der Waals surface area contributed by atoms with Crippen molar-refractivity contribution in [2.24, 2.45) is 0 Å². The van der Waals surface area contributed by atoms with Crippen LogP contribution in [0.25, 0.3) is 9.88 Å². The van der Waals surface area contributed by atoms with Crippen LogP contribution in [-0.2, 0) is 6.42 Å². The molecule has 0 aliphatic carbocycles. The average Bonchev–Trinajstić information content (AvgIpc) is 2.93. The topological polar surface area (TPSA) is 37.8 Å². The van der Waals surface area contributed by atoms with Crippen LogP contribution >= 0.6 is 22.7 Å². The van der Waals surface area contributed by atoms with Crippen molar-refractivity contribution < 1.29 is 0 Å². The molecule has 0 atom stereocenters. The lowest BCUT2D eigenvalue weighted by Gasteiger charge is -1.97. The monoisotopic (exact) mass is 281 g/mol. The van der Waals surface area contributed by atoms with Gasteiger partial charge in [-0.1, -0.05) is 18.3 Å². The van der Waals surface area contributed by atoms with Gasteiger partial charge in [0.2, 0.25) is 0 Å². The van der Waals surface area contributed by atoms with Crippen LogP contribution in [0.3, 0.4) is 0 Å². The fourth-order valence-corrected chi connectivity index (χ4v) is 3.63. The molecule has 0 aromatic carbocycles. The number of rotatable bonds is 6. The maximum absolute atomic E-state index is 4.30. The standard InChI is InChI=1S/C13H19N3S2/c1-4-14-7-5-6-12-15-16-13(18-12)11-8-9(2)10(3)17-11/h8,14H,4-7H2,1-3H3. The highest BCUT2D eigenvalue weighted by atomic mass is 32.1. The van der Waals surface area contributed by atoms with Crippen LogP contribution in [0.15, 0.2) is 6.07 Å². The molecule has 2 aromatic rings. The molecule has 0 aliphatic heterocycles. The van der Waals surface area contributed by atoms with Gasteiger partial charge in [0, 0.05) is 11.3 Å². The zero-order valence-electron chi connectivity index (χ0n) is 11.1. The number of thiophene rings is 1. The van der Waals surface area contributed by atoms with Crippen LogP contribution < -0.4 is 5.32 Å². The minimum absolute atomic E-state index is 1.02. The van der Waals surface area contributed by atoms with Crippen molar-refractivity contribution in [2.45, 2.75) is 33.6 Å². The van der Waals surface area contributed by atoms with Crippen LogP contribution in [0.5, 0.6) is 0 Å². The Bertz CT molecular complexity index is 483. The van der Waals surface area contributed by atoms with Gasteiger partial charge in [0.15, 0.2) is 5.01 Å². The third-order valence-corrected chi connectivity index (χ3v) is 5.14. The summed E-state index contributed by atoms with van der Waals surface area (Å²) in [6, 6.07) is 2.21. The average molecular weight is 281 g/mol. The summed E-state index contributed by atoms with van der Waals surface area (Å²) >= 11 is 3.53. The summed E-state index contributed by atoms with van der Waals surface area (Å²) in [5.41, 5.74) is 1.35. The number of aromatic nitrogens is 2. The predicted molar refractivity (Wildman–Crippen MR) is 79.6 cm³/mol. The first kappa shape index (κ1) is 13.6. The van der Waals surface area contributed by atoms with E-state index in [1.807, 2.05) is 11.3 Å². The summed E-state index contributed by atoms with van der Waals surface area (Å²) in [7, 11) is 0. The number of hydrogen-bond donors (Lipinski definition) is 1. The molecular weight excluding hydrogens is 262 g/mol. The van der Waals surface area contributed by atoms with Gasteiger partial charge in [-0.2, -0.15) is 0 Å². The zero-order valence-corrected chi connectivity index (χ0v) is 12.7. The fraction of sp³-hybridized carbons (Fsp3) is 0.538. The molecule has 0 saturated carbocycles. The van der Waals surface area contributed by atoms with Crippen molar-refractivity contribution in [1.82, 2.24) is 15.5 Å². The van der Waals surface area contributed by atoms with Crippen molar-refractivity contribution in [2.75, 3.05) is 13.1 Å². The summed E-state index contributed by atoms with van der Waals surface area (Å²) in [5.74, 6) is 0. The van der Waals surface area contributed by atoms with E-state index in [0.29, 0.717) is 0 Å². The van der Waals surface area contributed by atoms with Gasteiger partial charge in [-0.3, -0.25) is 0 Å². The third-order valence-electron chi connectivity index (χ3n) is 2.84. The highest BCUT2D eigenvalue weighted by Crippen LogP contribution is 2.32. The molecule has 5 heteroatoms. The summed E-state index contributed by atoms with van der Waals surface area (Å²) in [6.07, 6.45) is 2.15. The van der Waals surface area contributed by atoms with Crippen molar-refractivity contribution in [3.05, 3.63) is 21.5 Å². The van der Waals surface area contributed by atoms with E-state index in [9.17, 15) is 0 Å². The molecule has 3 nitrogen and oxygen atoms in total. The summed E-state index contributed by atoms with van der Waals surface area (Å²) in [5, 5.41) is 14.1. The van der Waals surface area contributed by atoms with Crippen molar-refractivity contribution >= 4 is 22.7 Å². The van der Waals surface area contributed by atoms with E-state index in [2.05, 4.69) is 42.4 Å². The molecule has 98 valence electrons. The molecule has 18 heavy (non-hydrogen) atoms. The molecule has 2 aromatic heterocycles. The molecule has 0 amide bonds. The first-order chi connectivity index (χ1) is 8.70. The lowest BCUT2D eigenvalue weighted by atomic mass is 10.3. The van der Waals surface area contributed by atoms with Crippen LogP contribution in [0.4, 0.5) is 0 Å². The van der Waals surface area contributed by atoms with Crippen molar-refractivity contribution in [3.63, 3.8) is 0 Å². The molecule has 2 rings (SSSR count). The quantitative estimate of drug-likeness (QED) is 0.824. The van der Waals surface area contributed by atoms with Gasteiger partial charge in [-0.15, -0.1) is 21.5 Å². The van der Waals surface area contributed by atoms with E-state index < -0.39 is 0 Å². The van der Waals surface area contributed by atoms with Gasteiger partial charge in [0.1, 0.15) is 5.01 Å². The molecule has 0 spiro atoms. The smallest absolute Gasteiger partial charge is 0.157 e. The van der Waals surface area contributed by atoms with Crippen LogP contribution in [0.2, 0.25) is 0 Å². The summed E-state index contributed by atoms with van der Waals surface area (Å²) < 4.78 is 0. The zero-order chi connectivity index (χ0) is 13.0. The first-order valence-electron chi connectivity index (χ1n) is 6.31. The predicted octanol–water partition coefficient (Wildman–Crippen LogP) is 3.43. The van der Waals surface area contributed by atoms with Gasteiger partial charge in [0.05, 0.1) is 4.88 Å². The van der Waals surface area contributed by atoms with Gasteiger partial charge in [-0.05, 0) is 45.0 Å². The van der Waals surface area contributed by atoms with Crippen LogP contribution in [0.1, 0.15) is 28.8 Å². The molecule has 2 heterocycles. The Labute approximate surface area is 116 Å². The van der Waals surface area contributed by atoms with E-state index in [0.717, 1.165) is 35.9 Å². The number of hydrogen-bond acceptors (Lipinski definition) is 5. The van der Waals surface area contributed by atoms with E-state index in [4.69, 9.17) is 0 Å². The molecule has 0 saturated heterocycles. The Kier molecular flexibility index (Phi) is 4.86. The maximum atomic E-state index is 4.30. The highest BCUT2D eigenvalue weighted by Gasteiger charge is 2.10. The first-order valence-corrected chi connectivity index (χ1v) is 7.94. The molecular formula is C13H19N3S2. The van der Waals surface area contributed by atoms with Gasteiger partial charge >= 0.3 is 0 Å². The van der Waals surface area contributed by atoms with E-state index in [1.54, 1.807) is 11.3 Å².